The highest BCUT2D eigenvalue weighted by Crippen LogP contribution is 2.21. The van der Waals surface area contributed by atoms with E-state index in [4.69, 9.17) is 0 Å². The van der Waals surface area contributed by atoms with Gasteiger partial charge in [-0.25, -0.2) is 8.42 Å². The third-order valence-corrected chi connectivity index (χ3v) is 5.84. The minimum Gasteiger partial charge on any atom is -0.316 e. The fourth-order valence-corrected chi connectivity index (χ4v) is 3.38. The van der Waals surface area contributed by atoms with Crippen LogP contribution in [0.25, 0.3) is 0 Å². The molecule has 0 radical (unpaired) electrons. The van der Waals surface area contributed by atoms with Crippen LogP contribution < -0.4 is 5.32 Å². The first-order valence-corrected chi connectivity index (χ1v) is 7.86. The molecule has 0 bridgehead atoms. The number of nitrogens with one attached hydrogen (secondary N) is 1. The van der Waals surface area contributed by atoms with E-state index in [1.807, 2.05) is 19.1 Å². The predicted octanol–water partition coefficient (Wildman–Crippen LogP) is 2.58. The molecule has 3 nitrogen and oxygen atoms in total. The number of benzene rings is 1. The second kappa shape index (κ2) is 5.85. The lowest BCUT2D eigenvalue weighted by Crippen LogP contribution is -2.38. The summed E-state index contributed by atoms with van der Waals surface area (Å²) in [6.07, 6.45) is 0. The zero-order valence-corrected chi connectivity index (χ0v) is 12.6. The summed E-state index contributed by atoms with van der Waals surface area (Å²) in [5.74, 6) is 0.412. The Balaban J connectivity index is 3.06. The molecule has 18 heavy (non-hydrogen) atoms. The smallest absolute Gasteiger partial charge is 0.182 e. The van der Waals surface area contributed by atoms with E-state index in [1.165, 1.54) is 0 Å². The lowest BCUT2D eigenvalue weighted by molar-refractivity contribution is 0.539. The summed E-state index contributed by atoms with van der Waals surface area (Å²) < 4.78 is 24.7. The van der Waals surface area contributed by atoms with Gasteiger partial charge < -0.3 is 5.32 Å². The van der Waals surface area contributed by atoms with E-state index >= 15 is 0 Å². The van der Waals surface area contributed by atoms with Crippen molar-refractivity contribution >= 4 is 9.84 Å². The molecule has 102 valence electrons. The molecule has 1 aromatic rings. The highest BCUT2D eigenvalue weighted by Gasteiger charge is 2.27. The highest BCUT2D eigenvalue weighted by molar-refractivity contribution is 7.92. The van der Waals surface area contributed by atoms with Crippen molar-refractivity contribution in [3.63, 3.8) is 0 Å². The molecule has 0 amide bonds. The monoisotopic (exact) mass is 269 g/mol. The Morgan fingerprint density at radius 2 is 1.50 bits per heavy atom. The lowest BCUT2D eigenvalue weighted by atomic mass is 10.0. The largest absolute Gasteiger partial charge is 0.316 e. The molecule has 0 heterocycles. The van der Waals surface area contributed by atoms with Gasteiger partial charge in [0.25, 0.3) is 0 Å². The molecule has 1 N–H and O–H groups in total. The highest BCUT2D eigenvalue weighted by atomic mass is 32.2. The standard InChI is InChI=1S/C14H23NO2S/c1-10(2)13-6-8-14(9-7-13)18(16,17)12(4)11(3)15-5/h6-12,15H,1-5H3. The summed E-state index contributed by atoms with van der Waals surface area (Å²) in [5.41, 5.74) is 1.16. The minimum atomic E-state index is -3.26. The van der Waals surface area contributed by atoms with Crippen molar-refractivity contribution < 1.29 is 8.42 Å². The molecule has 0 aliphatic heterocycles. The van der Waals surface area contributed by atoms with Crippen molar-refractivity contribution in [2.45, 2.75) is 49.8 Å². The first-order chi connectivity index (χ1) is 8.30. The van der Waals surface area contributed by atoms with Crippen LogP contribution in [0.2, 0.25) is 0 Å². The Kier molecular flexibility index (Phi) is 4.93. The predicted molar refractivity (Wildman–Crippen MR) is 75.7 cm³/mol. The molecule has 0 fully saturated rings. The number of sulfone groups is 1. The average molecular weight is 269 g/mol. The third kappa shape index (κ3) is 3.12. The minimum absolute atomic E-state index is 0.0697. The number of hydrogen-bond acceptors (Lipinski definition) is 3. The van der Waals surface area contributed by atoms with Gasteiger partial charge in [-0.05, 0) is 44.5 Å². The zero-order valence-electron chi connectivity index (χ0n) is 11.8. The molecule has 2 atom stereocenters. The van der Waals surface area contributed by atoms with Crippen molar-refractivity contribution in [1.29, 1.82) is 0 Å². The Bertz CT molecular complexity index is 477. The van der Waals surface area contributed by atoms with Crippen LogP contribution in [0.15, 0.2) is 29.2 Å². The van der Waals surface area contributed by atoms with Gasteiger partial charge in [0.2, 0.25) is 0 Å². The molecular weight excluding hydrogens is 246 g/mol. The van der Waals surface area contributed by atoms with E-state index in [2.05, 4.69) is 19.2 Å². The maximum atomic E-state index is 12.4. The summed E-state index contributed by atoms with van der Waals surface area (Å²) in [5, 5.41) is 2.55. The first kappa shape index (κ1) is 15.2. The van der Waals surface area contributed by atoms with Crippen LogP contribution in [0.3, 0.4) is 0 Å². The second-order valence-corrected chi connectivity index (χ2v) is 7.36. The maximum absolute atomic E-state index is 12.4. The van der Waals surface area contributed by atoms with Gasteiger partial charge in [0.15, 0.2) is 9.84 Å². The molecule has 1 aromatic carbocycles. The van der Waals surface area contributed by atoms with E-state index in [0.717, 1.165) is 5.56 Å². The molecule has 0 spiro atoms. The third-order valence-electron chi connectivity index (χ3n) is 3.52. The van der Waals surface area contributed by atoms with E-state index < -0.39 is 15.1 Å². The lowest BCUT2D eigenvalue weighted by Gasteiger charge is -2.20. The van der Waals surface area contributed by atoms with E-state index in [-0.39, 0.29) is 6.04 Å². The van der Waals surface area contributed by atoms with Crippen LogP contribution in [-0.4, -0.2) is 26.8 Å². The topological polar surface area (TPSA) is 46.2 Å². The Morgan fingerprint density at radius 1 is 1.00 bits per heavy atom. The van der Waals surface area contributed by atoms with E-state index in [9.17, 15) is 8.42 Å². The van der Waals surface area contributed by atoms with Crippen molar-refractivity contribution in [2.24, 2.45) is 0 Å². The summed E-state index contributed by atoms with van der Waals surface area (Å²) >= 11 is 0. The van der Waals surface area contributed by atoms with Crippen molar-refractivity contribution in [3.05, 3.63) is 29.8 Å². The molecule has 0 aromatic heterocycles. The molecule has 1 rings (SSSR count). The zero-order chi connectivity index (χ0) is 13.9. The Labute approximate surface area is 111 Å². The SMILES string of the molecule is CNC(C)C(C)S(=O)(=O)c1ccc(C(C)C)cc1. The molecule has 4 heteroatoms. The van der Waals surface area contributed by atoms with Gasteiger partial charge in [-0.3, -0.25) is 0 Å². The Morgan fingerprint density at radius 3 is 1.89 bits per heavy atom. The van der Waals surface area contributed by atoms with E-state index in [0.29, 0.717) is 10.8 Å². The maximum Gasteiger partial charge on any atom is 0.182 e. The molecule has 0 aliphatic rings. The summed E-state index contributed by atoms with van der Waals surface area (Å²) in [4.78, 5) is 0.404. The van der Waals surface area contributed by atoms with Gasteiger partial charge in [0.05, 0.1) is 10.1 Å². The van der Waals surface area contributed by atoms with Crippen LogP contribution in [0.1, 0.15) is 39.2 Å². The van der Waals surface area contributed by atoms with Crippen LogP contribution in [0.4, 0.5) is 0 Å². The molecule has 0 saturated heterocycles. The van der Waals surface area contributed by atoms with Crippen molar-refractivity contribution in [3.8, 4) is 0 Å². The Hall–Kier alpha value is -0.870. The molecule has 0 aliphatic carbocycles. The fraction of sp³-hybridized carbons (Fsp3) is 0.571. The average Bonchev–Trinajstić information content (AvgIpc) is 2.36. The van der Waals surface area contributed by atoms with Crippen LogP contribution in [0, 0.1) is 0 Å². The molecule has 2 unspecified atom stereocenters. The molecular formula is C14H23NO2S. The van der Waals surface area contributed by atoms with Gasteiger partial charge in [-0.15, -0.1) is 0 Å². The number of rotatable bonds is 5. The van der Waals surface area contributed by atoms with Crippen molar-refractivity contribution in [2.75, 3.05) is 7.05 Å². The van der Waals surface area contributed by atoms with Gasteiger partial charge in [0.1, 0.15) is 0 Å². The quantitative estimate of drug-likeness (QED) is 0.893. The van der Waals surface area contributed by atoms with Crippen LogP contribution in [0.5, 0.6) is 0 Å². The summed E-state index contributed by atoms with van der Waals surface area (Å²) in [6.45, 7) is 7.81. The second-order valence-electron chi connectivity index (χ2n) is 5.05. The van der Waals surface area contributed by atoms with Gasteiger partial charge >= 0.3 is 0 Å². The van der Waals surface area contributed by atoms with Crippen LogP contribution in [-0.2, 0) is 9.84 Å². The number of hydrogen-bond donors (Lipinski definition) is 1. The van der Waals surface area contributed by atoms with Crippen LogP contribution >= 0.6 is 0 Å². The summed E-state index contributed by atoms with van der Waals surface area (Å²) in [7, 11) is -1.48. The van der Waals surface area contributed by atoms with Gasteiger partial charge in [-0.2, -0.15) is 0 Å². The van der Waals surface area contributed by atoms with Gasteiger partial charge in [0, 0.05) is 6.04 Å². The first-order valence-electron chi connectivity index (χ1n) is 6.31. The van der Waals surface area contributed by atoms with E-state index in [1.54, 1.807) is 26.1 Å². The van der Waals surface area contributed by atoms with Gasteiger partial charge in [-0.1, -0.05) is 26.0 Å². The fourth-order valence-electron chi connectivity index (χ4n) is 1.76. The summed E-state index contributed by atoms with van der Waals surface area (Å²) in [6, 6.07) is 7.15. The normalized spacial score (nSPS) is 15.7. The van der Waals surface area contributed by atoms with Crippen molar-refractivity contribution in [1.82, 2.24) is 5.32 Å². The molecule has 0 saturated carbocycles.